The van der Waals surface area contributed by atoms with Crippen molar-refractivity contribution in [1.82, 2.24) is 0 Å². The highest BCUT2D eigenvalue weighted by Gasteiger charge is 2.33. The largest absolute Gasteiger partial charge is 0.393 e. The SMILES string of the molecule is C[Si](C)(CCC(O)[C@@H]1CCC[C@@H]1O)c1ccccc1. The summed E-state index contributed by atoms with van der Waals surface area (Å²) in [5.41, 5.74) is 0. The molecule has 0 saturated heterocycles. The van der Waals surface area contributed by atoms with Crippen molar-refractivity contribution < 1.29 is 10.2 Å². The minimum Gasteiger partial charge on any atom is -0.393 e. The average Bonchev–Trinajstić information content (AvgIpc) is 2.83. The van der Waals surface area contributed by atoms with Crippen LogP contribution < -0.4 is 5.19 Å². The van der Waals surface area contributed by atoms with Crippen LogP contribution in [-0.4, -0.2) is 30.5 Å². The van der Waals surface area contributed by atoms with Gasteiger partial charge in [0.2, 0.25) is 0 Å². The van der Waals surface area contributed by atoms with Crippen molar-refractivity contribution in [2.45, 2.75) is 57.0 Å². The van der Waals surface area contributed by atoms with Gasteiger partial charge in [0.15, 0.2) is 0 Å². The molecule has 1 aliphatic carbocycles. The van der Waals surface area contributed by atoms with Gasteiger partial charge in [0.1, 0.15) is 0 Å². The normalized spacial score (nSPS) is 25.5. The van der Waals surface area contributed by atoms with Crippen LogP contribution >= 0.6 is 0 Å². The van der Waals surface area contributed by atoms with Crippen LogP contribution in [0, 0.1) is 5.92 Å². The lowest BCUT2D eigenvalue weighted by molar-refractivity contribution is 0.0296. The van der Waals surface area contributed by atoms with Crippen LogP contribution in [0.3, 0.4) is 0 Å². The minimum absolute atomic E-state index is 0.112. The monoisotopic (exact) mass is 278 g/mol. The molecule has 106 valence electrons. The molecule has 1 fully saturated rings. The van der Waals surface area contributed by atoms with Crippen LogP contribution in [0.2, 0.25) is 19.1 Å². The maximum absolute atomic E-state index is 10.3. The van der Waals surface area contributed by atoms with Crippen LogP contribution in [0.15, 0.2) is 30.3 Å². The van der Waals surface area contributed by atoms with Crippen molar-refractivity contribution in [2.75, 3.05) is 0 Å². The van der Waals surface area contributed by atoms with Gasteiger partial charge in [-0.15, -0.1) is 0 Å². The van der Waals surface area contributed by atoms with Crippen molar-refractivity contribution in [3.63, 3.8) is 0 Å². The zero-order chi connectivity index (χ0) is 13.9. The van der Waals surface area contributed by atoms with Crippen molar-refractivity contribution in [2.24, 2.45) is 5.92 Å². The maximum atomic E-state index is 10.3. The molecule has 2 nitrogen and oxygen atoms in total. The van der Waals surface area contributed by atoms with E-state index in [2.05, 4.69) is 43.4 Å². The first-order chi connectivity index (χ1) is 9.00. The molecule has 3 atom stereocenters. The molecule has 0 amide bonds. The lowest BCUT2D eigenvalue weighted by Crippen LogP contribution is -2.42. The third kappa shape index (κ3) is 3.68. The Hall–Kier alpha value is -0.643. The Kier molecular flexibility index (Phi) is 4.82. The van der Waals surface area contributed by atoms with Gasteiger partial charge in [-0.25, -0.2) is 0 Å². The molecule has 2 N–H and O–H groups in total. The number of hydrogen-bond acceptors (Lipinski definition) is 2. The van der Waals surface area contributed by atoms with Gasteiger partial charge in [-0.3, -0.25) is 0 Å². The van der Waals surface area contributed by atoms with Crippen LogP contribution in [0.25, 0.3) is 0 Å². The summed E-state index contributed by atoms with van der Waals surface area (Å²) in [6, 6.07) is 11.8. The first-order valence-corrected chi connectivity index (χ1v) is 10.6. The number of benzene rings is 1. The highest BCUT2D eigenvalue weighted by Crippen LogP contribution is 2.31. The predicted molar refractivity (Wildman–Crippen MR) is 82.3 cm³/mol. The van der Waals surface area contributed by atoms with Gasteiger partial charge >= 0.3 is 0 Å². The van der Waals surface area contributed by atoms with Crippen molar-refractivity contribution in [3.05, 3.63) is 30.3 Å². The molecule has 1 aliphatic rings. The summed E-state index contributed by atoms with van der Waals surface area (Å²) >= 11 is 0. The third-order valence-electron chi connectivity index (χ3n) is 4.65. The van der Waals surface area contributed by atoms with E-state index >= 15 is 0 Å². The van der Waals surface area contributed by atoms with Crippen molar-refractivity contribution in [3.8, 4) is 0 Å². The smallest absolute Gasteiger partial charge is 0.0807 e. The van der Waals surface area contributed by atoms with Gasteiger partial charge in [-0.1, -0.05) is 61.1 Å². The molecule has 0 radical (unpaired) electrons. The molecule has 0 aliphatic heterocycles. The average molecular weight is 278 g/mol. The highest BCUT2D eigenvalue weighted by molar-refractivity contribution is 6.89. The van der Waals surface area contributed by atoms with Gasteiger partial charge < -0.3 is 10.2 Å². The van der Waals surface area contributed by atoms with Gasteiger partial charge in [-0.05, 0) is 19.3 Å². The molecule has 0 bridgehead atoms. The molecule has 19 heavy (non-hydrogen) atoms. The van der Waals surface area contributed by atoms with E-state index < -0.39 is 8.07 Å². The fourth-order valence-corrected chi connectivity index (χ4v) is 5.58. The van der Waals surface area contributed by atoms with Crippen molar-refractivity contribution >= 4 is 13.3 Å². The maximum Gasteiger partial charge on any atom is 0.0807 e. The molecule has 1 aromatic carbocycles. The van der Waals surface area contributed by atoms with Crippen LogP contribution in [-0.2, 0) is 0 Å². The summed E-state index contributed by atoms with van der Waals surface area (Å²) in [5.74, 6) is 0.112. The fraction of sp³-hybridized carbons (Fsp3) is 0.625. The lowest BCUT2D eigenvalue weighted by Gasteiger charge is -2.27. The highest BCUT2D eigenvalue weighted by atomic mass is 28.3. The zero-order valence-electron chi connectivity index (χ0n) is 12.0. The van der Waals surface area contributed by atoms with Crippen LogP contribution in [0.1, 0.15) is 25.7 Å². The Bertz CT molecular complexity index is 391. The molecular weight excluding hydrogens is 252 g/mol. The van der Waals surface area contributed by atoms with E-state index in [1.807, 2.05) is 0 Å². The van der Waals surface area contributed by atoms with Gasteiger partial charge in [-0.2, -0.15) is 0 Å². The van der Waals surface area contributed by atoms with Gasteiger partial charge in [0.05, 0.1) is 20.3 Å². The number of hydrogen-bond donors (Lipinski definition) is 2. The molecule has 1 unspecified atom stereocenters. The minimum atomic E-state index is -1.46. The van der Waals surface area contributed by atoms with Crippen LogP contribution in [0.4, 0.5) is 0 Å². The lowest BCUT2D eigenvalue weighted by atomic mass is 9.97. The predicted octanol–water partition coefficient (Wildman–Crippen LogP) is 2.51. The Morgan fingerprint density at radius 1 is 1.21 bits per heavy atom. The van der Waals surface area contributed by atoms with E-state index in [-0.39, 0.29) is 18.1 Å². The summed E-state index contributed by atoms with van der Waals surface area (Å²) in [5, 5.41) is 21.6. The molecule has 1 aromatic rings. The van der Waals surface area contributed by atoms with E-state index in [0.717, 1.165) is 31.7 Å². The van der Waals surface area contributed by atoms with E-state index in [1.54, 1.807) is 0 Å². The molecule has 0 spiro atoms. The third-order valence-corrected chi connectivity index (χ3v) is 8.08. The fourth-order valence-electron chi connectivity index (χ4n) is 3.17. The first kappa shape index (κ1) is 14.8. The summed E-state index contributed by atoms with van der Waals surface area (Å²) in [6.45, 7) is 4.72. The standard InChI is InChI=1S/C16H26O2Si/c1-19(2,13-7-4-3-5-8-13)12-11-16(18)14-9-6-10-15(14)17/h3-5,7-8,14-18H,6,9-12H2,1-2H3/t14-,15+,16?/m1/s1. The van der Waals surface area contributed by atoms with Crippen molar-refractivity contribution in [1.29, 1.82) is 0 Å². The molecule has 0 aromatic heterocycles. The topological polar surface area (TPSA) is 40.5 Å². The summed E-state index contributed by atoms with van der Waals surface area (Å²) < 4.78 is 0. The quantitative estimate of drug-likeness (QED) is 0.813. The number of rotatable bonds is 5. The summed E-state index contributed by atoms with van der Waals surface area (Å²) in [4.78, 5) is 0. The molecule has 3 heteroatoms. The second kappa shape index (κ2) is 6.20. The van der Waals surface area contributed by atoms with E-state index in [4.69, 9.17) is 0 Å². The van der Waals surface area contributed by atoms with Crippen LogP contribution in [0.5, 0.6) is 0 Å². The van der Waals surface area contributed by atoms with E-state index in [1.165, 1.54) is 5.19 Å². The second-order valence-corrected chi connectivity index (χ2v) is 11.4. The molecule has 1 saturated carbocycles. The van der Waals surface area contributed by atoms with E-state index in [9.17, 15) is 10.2 Å². The Labute approximate surface area is 117 Å². The van der Waals surface area contributed by atoms with Gasteiger partial charge in [0.25, 0.3) is 0 Å². The number of aliphatic hydroxyl groups excluding tert-OH is 2. The molecule has 2 rings (SSSR count). The Morgan fingerprint density at radius 3 is 2.47 bits per heavy atom. The summed E-state index contributed by atoms with van der Waals surface area (Å²) in [6.07, 6.45) is 3.12. The first-order valence-electron chi connectivity index (χ1n) is 7.42. The van der Waals surface area contributed by atoms with E-state index in [0.29, 0.717) is 0 Å². The molecular formula is C16H26O2Si. The second-order valence-electron chi connectivity index (χ2n) is 6.52. The summed E-state index contributed by atoms with van der Waals surface area (Å²) in [7, 11) is -1.46. The number of aliphatic hydroxyl groups is 2. The van der Waals surface area contributed by atoms with Gasteiger partial charge in [0, 0.05) is 5.92 Å². The zero-order valence-corrected chi connectivity index (χ0v) is 13.0. The Morgan fingerprint density at radius 2 is 1.89 bits per heavy atom. The molecule has 0 heterocycles. The Balaban J connectivity index is 1.91.